The van der Waals surface area contributed by atoms with Crippen LogP contribution in [0.3, 0.4) is 0 Å². The second-order valence-corrected chi connectivity index (χ2v) is 6.25. The van der Waals surface area contributed by atoms with E-state index in [9.17, 15) is 20.1 Å². The lowest BCUT2D eigenvalue weighted by Crippen LogP contribution is -2.35. The fraction of sp³-hybridized carbons (Fsp3) is 0.263. The number of fused-ring (bicyclic) bond motifs is 1. The fourth-order valence-electron chi connectivity index (χ4n) is 2.93. The van der Waals surface area contributed by atoms with Gasteiger partial charge in [-0.05, 0) is 18.6 Å². The van der Waals surface area contributed by atoms with E-state index in [1.165, 1.54) is 13.1 Å². The summed E-state index contributed by atoms with van der Waals surface area (Å²) in [5, 5.41) is 30.7. The number of aromatic amines is 1. The number of aromatic nitrogens is 2. The van der Waals surface area contributed by atoms with Gasteiger partial charge < -0.3 is 30.8 Å². The summed E-state index contributed by atoms with van der Waals surface area (Å²) in [5.74, 6) is -1.17. The molecule has 8 heteroatoms. The molecule has 27 heavy (non-hydrogen) atoms. The van der Waals surface area contributed by atoms with Crippen LogP contribution in [0.1, 0.15) is 28.7 Å². The molecule has 2 heterocycles. The van der Waals surface area contributed by atoms with Gasteiger partial charge in [0.1, 0.15) is 11.8 Å². The Morgan fingerprint density at radius 2 is 2.07 bits per heavy atom. The van der Waals surface area contributed by atoms with Crippen molar-refractivity contribution in [3.8, 4) is 5.75 Å². The SMILES string of the molecule is Cc1ncc(CO)c(C(O)OC(=O)[C@@H](N)Cc2c[nH]c3ccccc23)c1O. The Morgan fingerprint density at radius 3 is 2.81 bits per heavy atom. The number of hydrogen-bond donors (Lipinski definition) is 5. The first-order valence-corrected chi connectivity index (χ1v) is 8.39. The molecule has 0 radical (unpaired) electrons. The third-order valence-corrected chi connectivity index (χ3v) is 4.42. The number of rotatable bonds is 6. The highest BCUT2D eigenvalue weighted by atomic mass is 16.6. The van der Waals surface area contributed by atoms with Gasteiger partial charge in [-0.15, -0.1) is 0 Å². The molecule has 3 aromatic rings. The zero-order chi connectivity index (χ0) is 19.6. The zero-order valence-electron chi connectivity index (χ0n) is 14.7. The maximum Gasteiger partial charge on any atom is 0.325 e. The van der Waals surface area contributed by atoms with Crippen LogP contribution >= 0.6 is 0 Å². The van der Waals surface area contributed by atoms with E-state index in [0.29, 0.717) is 0 Å². The van der Waals surface area contributed by atoms with Gasteiger partial charge in [-0.2, -0.15) is 0 Å². The van der Waals surface area contributed by atoms with Crippen LogP contribution in [0.4, 0.5) is 0 Å². The number of aliphatic hydroxyl groups is 2. The van der Waals surface area contributed by atoms with Gasteiger partial charge in [-0.25, -0.2) is 0 Å². The standard InChI is InChI=1S/C19H21N3O5/c1-10-17(24)16(12(9-23)8-21-10)19(26)27-18(25)14(20)6-11-7-22-15-5-3-2-4-13(11)15/h2-5,7-8,14,19,22-24,26H,6,9,20H2,1H3/t14-,19?/m0/s1. The van der Waals surface area contributed by atoms with E-state index in [0.717, 1.165) is 16.5 Å². The monoisotopic (exact) mass is 371 g/mol. The molecule has 0 bridgehead atoms. The summed E-state index contributed by atoms with van der Waals surface area (Å²) < 4.78 is 5.02. The number of aliphatic hydroxyl groups excluding tert-OH is 2. The van der Waals surface area contributed by atoms with E-state index >= 15 is 0 Å². The van der Waals surface area contributed by atoms with Crippen molar-refractivity contribution in [1.29, 1.82) is 0 Å². The minimum absolute atomic E-state index is 0.0994. The molecule has 0 saturated carbocycles. The molecule has 1 aromatic carbocycles. The van der Waals surface area contributed by atoms with Crippen LogP contribution < -0.4 is 5.73 Å². The van der Waals surface area contributed by atoms with Crippen molar-refractivity contribution in [3.05, 3.63) is 59.0 Å². The number of aromatic hydroxyl groups is 1. The average molecular weight is 371 g/mol. The number of para-hydroxylation sites is 1. The second-order valence-electron chi connectivity index (χ2n) is 6.25. The van der Waals surface area contributed by atoms with Crippen molar-refractivity contribution < 1.29 is 24.9 Å². The predicted molar refractivity (Wildman–Crippen MR) is 97.6 cm³/mol. The first-order valence-electron chi connectivity index (χ1n) is 8.39. The minimum Gasteiger partial charge on any atom is -0.506 e. The van der Waals surface area contributed by atoms with Crippen molar-refractivity contribution in [2.45, 2.75) is 32.3 Å². The molecule has 0 aliphatic heterocycles. The first kappa shape index (κ1) is 18.8. The third-order valence-electron chi connectivity index (χ3n) is 4.42. The van der Waals surface area contributed by atoms with Crippen LogP contribution in [0.25, 0.3) is 10.9 Å². The molecular weight excluding hydrogens is 350 g/mol. The van der Waals surface area contributed by atoms with Gasteiger partial charge in [-0.1, -0.05) is 18.2 Å². The summed E-state index contributed by atoms with van der Waals surface area (Å²) in [5.41, 5.74) is 8.01. The highest BCUT2D eigenvalue weighted by molar-refractivity contribution is 5.84. The summed E-state index contributed by atoms with van der Waals surface area (Å²) in [6.07, 6.45) is 1.52. The number of H-pyrrole nitrogens is 1. The van der Waals surface area contributed by atoms with Crippen LogP contribution in [-0.4, -0.2) is 37.3 Å². The lowest BCUT2D eigenvalue weighted by Gasteiger charge is -2.19. The molecule has 142 valence electrons. The molecule has 0 aliphatic carbocycles. The maximum atomic E-state index is 12.3. The van der Waals surface area contributed by atoms with Crippen molar-refractivity contribution >= 4 is 16.9 Å². The van der Waals surface area contributed by atoms with Crippen LogP contribution in [0.15, 0.2) is 36.7 Å². The van der Waals surface area contributed by atoms with Crippen molar-refractivity contribution in [1.82, 2.24) is 9.97 Å². The molecule has 0 amide bonds. The number of benzene rings is 1. The summed E-state index contributed by atoms with van der Waals surface area (Å²) in [7, 11) is 0. The van der Waals surface area contributed by atoms with Gasteiger partial charge in [-0.3, -0.25) is 9.78 Å². The fourth-order valence-corrected chi connectivity index (χ4v) is 2.93. The number of esters is 1. The molecule has 2 atom stereocenters. The number of carbonyl (C=O) groups is 1. The van der Waals surface area contributed by atoms with E-state index in [2.05, 4.69) is 9.97 Å². The van der Waals surface area contributed by atoms with E-state index in [1.54, 1.807) is 6.20 Å². The highest BCUT2D eigenvalue weighted by Gasteiger charge is 2.26. The van der Waals surface area contributed by atoms with Crippen LogP contribution in [0, 0.1) is 6.92 Å². The number of aryl methyl sites for hydroxylation is 1. The Balaban J connectivity index is 1.74. The van der Waals surface area contributed by atoms with Gasteiger partial charge in [0.15, 0.2) is 0 Å². The number of pyridine rings is 1. The minimum atomic E-state index is -1.77. The van der Waals surface area contributed by atoms with Crippen LogP contribution in [0.2, 0.25) is 0 Å². The average Bonchev–Trinajstić information content (AvgIpc) is 3.06. The van der Waals surface area contributed by atoms with Crippen molar-refractivity contribution in [2.24, 2.45) is 5.73 Å². The van der Waals surface area contributed by atoms with E-state index < -0.39 is 24.9 Å². The third kappa shape index (κ3) is 3.77. The van der Waals surface area contributed by atoms with Gasteiger partial charge in [0.25, 0.3) is 0 Å². The highest BCUT2D eigenvalue weighted by Crippen LogP contribution is 2.31. The summed E-state index contributed by atoms with van der Waals surface area (Å²) in [4.78, 5) is 19.3. The van der Waals surface area contributed by atoms with E-state index in [-0.39, 0.29) is 29.0 Å². The van der Waals surface area contributed by atoms with Crippen molar-refractivity contribution in [3.63, 3.8) is 0 Å². The zero-order valence-corrected chi connectivity index (χ0v) is 14.7. The van der Waals surface area contributed by atoms with Gasteiger partial charge in [0.2, 0.25) is 6.29 Å². The number of hydrogen-bond acceptors (Lipinski definition) is 7. The number of nitrogens with zero attached hydrogens (tertiary/aromatic N) is 1. The van der Waals surface area contributed by atoms with Gasteiger partial charge in [0.05, 0.1) is 17.9 Å². The summed E-state index contributed by atoms with van der Waals surface area (Å²) in [6, 6.07) is 6.60. The Hall–Kier alpha value is -2.94. The molecule has 1 unspecified atom stereocenters. The van der Waals surface area contributed by atoms with E-state index in [4.69, 9.17) is 10.5 Å². The number of nitrogens with one attached hydrogen (secondary N) is 1. The van der Waals surface area contributed by atoms with Gasteiger partial charge in [0, 0.05) is 35.3 Å². The molecule has 0 spiro atoms. The molecule has 0 saturated heterocycles. The quantitative estimate of drug-likeness (QED) is 0.323. The lowest BCUT2D eigenvalue weighted by atomic mass is 10.1. The maximum absolute atomic E-state index is 12.3. The predicted octanol–water partition coefficient (Wildman–Crippen LogP) is 1.17. The largest absolute Gasteiger partial charge is 0.506 e. The molecule has 3 rings (SSSR count). The summed E-state index contributed by atoms with van der Waals surface area (Å²) >= 11 is 0. The normalized spacial score (nSPS) is 13.5. The molecule has 8 nitrogen and oxygen atoms in total. The molecule has 0 fully saturated rings. The molecular formula is C19H21N3O5. The molecule has 6 N–H and O–H groups in total. The Morgan fingerprint density at radius 1 is 1.33 bits per heavy atom. The Labute approximate surface area is 155 Å². The Kier molecular flexibility index (Phi) is 5.41. The lowest BCUT2D eigenvalue weighted by molar-refractivity contribution is -0.171. The topological polar surface area (TPSA) is 142 Å². The number of carbonyl (C=O) groups excluding carboxylic acids is 1. The smallest absolute Gasteiger partial charge is 0.325 e. The van der Waals surface area contributed by atoms with Crippen LogP contribution in [0.5, 0.6) is 5.75 Å². The molecule has 0 aliphatic rings. The second kappa shape index (κ2) is 7.75. The molecule has 2 aromatic heterocycles. The summed E-state index contributed by atoms with van der Waals surface area (Å²) in [6.45, 7) is 1.05. The number of ether oxygens (including phenoxy) is 1. The van der Waals surface area contributed by atoms with Crippen molar-refractivity contribution in [2.75, 3.05) is 0 Å². The van der Waals surface area contributed by atoms with Gasteiger partial charge >= 0.3 is 5.97 Å². The number of nitrogens with two attached hydrogens (primary N) is 1. The van der Waals surface area contributed by atoms with E-state index in [1.807, 2.05) is 24.3 Å². The van der Waals surface area contributed by atoms with Crippen LogP contribution in [-0.2, 0) is 22.6 Å². The Bertz CT molecular complexity index is 969. The first-order chi connectivity index (χ1) is 12.9.